The van der Waals surface area contributed by atoms with Crippen LogP contribution in [0.15, 0.2) is 164 Å². The van der Waals surface area contributed by atoms with Crippen molar-refractivity contribution in [3.63, 3.8) is 0 Å². The van der Waals surface area contributed by atoms with Crippen molar-refractivity contribution in [3.8, 4) is 28.3 Å². The molecular formula is C44H27N3. The van der Waals surface area contributed by atoms with Crippen LogP contribution in [-0.4, -0.2) is 14.5 Å². The van der Waals surface area contributed by atoms with E-state index in [1.54, 1.807) is 0 Å². The third-order valence-electron chi connectivity index (χ3n) is 9.23. The Morgan fingerprint density at radius 1 is 0.447 bits per heavy atom. The van der Waals surface area contributed by atoms with Crippen LogP contribution in [0.2, 0.25) is 0 Å². The molecule has 0 aliphatic heterocycles. The summed E-state index contributed by atoms with van der Waals surface area (Å²) in [6, 6.07) is 43.7. The van der Waals surface area contributed by atoms with Crippen molar-refractivity contribution >= 4 is 65.0 Å². The third-order valence-corrected chi connectivity index (χ3v) is 9.23. The Morgan fingerprint density at radius 3 is 1.94 bits per heavy atom. The molecule has 0 spiro atoms. The Labute approximate surface area is 278 Å². The van der Waals surface area contributed by atoms with E-state index in [1.165, 1.54) is 0 Å². The fraction of sp³-hybridized carbons (Fsp3) is 0. The van der Waals surface area contributed by atoms with Crippen LogP contribution in [0.4, 0.5) is 0 Å². The molecule has 0 atom stereocenters. The van der Waals surface area contributed by atoms with Gasteiger partial charge in [-0.1, -0.05) is 127 Å². The maximum Gasteiger partial charge on any atom is 0.235 e. The monoisotopic (exact) mass is 602 g/mol. The van der Waals surface area contributed by atoms with Crippen LogP contribution in [0.25, 0.3) is 93.4 Å². The SMILES string of the molecule is [2H]c1c([2H])c([2H])c(-c2nc(-n3c4cc5ccccc5cc4c4c5ccccc5ccc43)nc3cc(-c4ccc5ccccc5c4)ccc23)c([2H])c1[2H]. The second kappa shape index (κ2) is 10.1. The van der Waals surface area contributed by atoms with E-state index < -0.39 is 18.1 Å². The van der Waals surface area contributed by atoms with Gasteiger partial charge in [-0.3, -0.25) is 4.57 Å². The molecule has 0 aliphatic carbocycles. The van der Waals surface area contributed by atoms with E-state index >= 15 is 0 Å². The molecular weight excluding hydrogens is 571 g/mol. The van der Waals surface area contributed by atoms with Crippen molar-refractivity contribution < 1.29 is 6.85 Å². The van der Waals surface area contributed by atoms with Gasteiger partial charge in [-0.05, 0) is 79.8 Å². The Balaban J connectivity index is 1.34. The van der Waals surface area contributed by atoms with Crippen LogP contribution >= 0.6 is 0 Å². The molecule has 10 aromatic rings. The highest BCUT2D eigenvalue weighted by Crippen LogP contribution is 2.39. The first-order chi connectivity index (χ1) is 25.4. The number of hydrogen-bond donors (Lipinski definition) is 0. The second-order valence-corrected chi connectivity index (χ2v) is 11.9. The Morgan fingerprint density at radius 2 is 1.11 bits per heavy atom. The normalized spacial score (nSPS) is 13.3. The van der Waals surface area contributed by atoms with Crippen molar-refractivity contribution in [2.45, 2.75) is 0 Å². The first kappa shape index (κ1) is 21.4. The number of nitrogens with zero attached hydrogens (tertiary/aromatic N) is 3. The number of fused-ring (bicyclic) bond motifs is 8. The molecule has 0 amide bonds. The standard InChI is InChI=1S/C44H27N3/c1-2-12-30(13-3-1)43-37-22-20-35(34-19-18-28-10-4-5-14-31(28)24-34)26-39(37)45-44(46-43)47-40-23-21-29-11-8-9-17-36(29)42(40)38-25-32-15-6-7-16-33(32)27-41(38)47/h1-27H/i1D,2D,3D,12D,13D. The lowest BCUT2D eigenvalue weighted by Crippen LogP contribution is -2.03. The van der Waals surface area contributed by atoms with Crippen LogP contribution < -0.4 is 0 Å². The van der Waals surface area contributed by atoms with Gasteiger partial charge in [0.25, 0.3) is 0 Å². The predicted octanol–water partition coefficient (Wildman–Crippen LogP) is 11.5. The van der Waals surface area contributed by atoms with Crippen molar-refractivity contribution in [1.29, 1.82) is 0 Å². The quantitative estimate of drug-likeness (QED) is 0.201. The van der Waals surface area contributed by atoms with Crippen LogP contribution in [-0.2, 0) is 0 Å². The van der Waals surface area contributed by atoms with E-state index in [9.17, 15) is 0 Å². The molecule has 0 saturated carbocycles. The molecule has 0 fully saturated rings. The zero-order valence-corrected chi connectivity index (χ0v) is 25.0. The first-order valence-electron chi connectivity index (χ1n) is 18.1. The number of aromatic nitrogens is 3. The molecule has 47 heavy (non-hydrogen) atoms. The fourth-order valence-corrected chi connectivity index (χ4v) is 7.01. The van der Waals surface area contributed by atoms with E-state index in [0.29, 0.717) is 16.9 Å². The summed E-state index contributed by atoms with van der Waals surface area (Å²) in [5.74, 6) is 0.343. The smallest absolute Gasteiger partial charge is 0.235 e. The van der Waals surface area contributed by atoms with Crippen LogP contribution in [0.3, 0.4) is 0 Å². The maximum atomic E-state index is 8.95. The average molecular weight is 603 g/mol. The van der Waals surface area contributed by atoms with Gasteiger partial charge in [-0.2, -0.15) is 0 Å². The summed E-state index contributed by atoms with van der Waals surface area (Å²) in [5.41, 5.74) is 4.67. The van der Waals surface area contributed by atoms with E-state index in [-0.39, 0.29) is 23.3 Å². The highest BCUT2D eigenvalue weighted by atomic mass is 15.2. The molecule has 0 N–H and O–H groups in total. The highest BCUT2D eigenvalue weighted by molar-refractivity contribution is 6.23. The molecule has 10 rings (SSSR count). The van der Waals surface area contributed by atoms with Crippen molar-refractivity contribution in [2.75, 3.05) is 0 Å². The summed E-state index contributed by atoms with van der Waals surface area (Å²) in [7, 11) is 0. The molecule has 8 aromatic carbocycles. The van der Waals surface area contributed by atoms with Gasteiger partial charge in [0.05, 0.1) is 29.1 Å². The van der Waals surface area contributed by atoms with Gasteiger partial charge >= 0.3 is 0 Å². The minimum atomic E-state index is -0.447. The van der Waals surface area contributed by atoms with Gasteiger partial charge in [-0.15, -0.1) is 0 Å². The molecule has 0 aliphatic rings. The Kier molecular flexibility index (Phi) is 4.60. The van der Waals surface area contributed by atoms with Gasteiger partial charge in [0.2, 0.25) is 5.95 Å². The Bertz CT molecular complexity index is 3120. The number of hydrogen-bond acceptors (Lipinski definition) is 2. The lowest BCUT2D eigenvalue weighted by molar-refractivity contribution is 1.01. The van der Waals surface area contributed by atoms with Crippen LogP contribution in [0.5, 0.6) is 0 Å². The molecule has 218 valence electrons. The lowest BCUT2D eigenvalue weighted by Gasteiger charge is -2.13. The first-order valence-corrected chi connectivity index (χ1v) is 15.6. The topological polar surface area (TPSA) is 30.7 Å². The van der Waals surface area contributed by atoms with E-state index in [4.69, 9.17) is 16.8 Å². The summed E-state index contributed by atoms with van der Waals surface area (Å²) >= 11 is 0. The number of benzene rings is 8. The fourth-order valence-electron chi connectivity index (χ4n) is 7.01. The summed E-state index contributed by atoms with van der Waals surface area (Å²) < 4.78 is 45.2. The molecule has 2 aromatic heterocycles. The predicted molar refractivity (Wildman–Crippen MR) is 197 cm³/mol. The van der Waals surface area contributed by atoms with Crippen LogP contribution in [0.1, 0.15) is 6.85 Å². The van der Waals surface area contributed by atoms with Crippen molar-refractivity contribution in [1.82, 2.24) is 14.5 Å². The Hall–Kier alpha value is -6.32. The van der Waals surface area contributed by atoms with E-state index in [0.717, 1.165) is 65.3 Å². The average Bonchev–Trinajstić information content (AvgIpc) is 3.51. The maximum absolute atomic E-state index is 8.95. The van der Waals surface area contributed by atoms with Gasteiger partial charge in [0, 0.05) is 21.7 Å². The summed E-state index contributed by atoms with van der Waals surface area (Å²) in [5, 5.41) is 9.35. The third kappa shape index (κ3) is 4.07. The molecule has 2 heterocycles. The van der Waals surface area contributed by atoms with Crippen molar-refractivity contribution in [3.05, 3.63) is 164 Å². The number of rotatable bonds is 3. The van der Waals surface area contributed by atoms with Crippen LogP contribution in [0, 0.1) is 0 Å². The zero-order valence-electron chi connectivity index (χ0n) is 30.0. The zero-order chi connectivity index (χ0) is 35.2. The van der Waals surface area contributed by atoms with Crippen molar-refractivity contribution in [2.24, 2.45) is 0 Å². The van der Waals surface area contributed by atoms with Gasteiger partial charge in [-0.25, -0.2) is 9.97 Å². The minimum absolute atomic E-state index is 0.0368. The molecule has 0 unspecified atom stereocenters. The van der Waals surface area contributed by atoms with E-state index in [2.05, 4.69) is 78.9 Å². The van der Waals surface area contributed by atoms with E-state index in [1.807, 2.05) is 59.2 Å². The summed E-state index contributed by atoms with van der Waals surface area (Å²) in [6.45, 7) is 0. The summed E-state index contributed by atoms with van der Waals surface area (Å²) in [4.78, 5) is 10.4. The minimum Gasteiger partial charge on any atom is -0.278 e. The van der Waals surface area contributed by atoms with Gasteiger partial charge in [0.1, 0.15) is 0 Å². The second-order valence-electron chi connectivity index (χ2n) is 11.9. The summed E-state index contributed by atoms with van der Waals surface area (Å²) in [6.07, 6.45) is 0. The molecule has 3 nitrogen and oxygen atoms in total. The lowest BCUT2D eigenvalue weighted by atomic mass is 9.99. The van der Waals surface area contributed by atoms with Gasteiger partial charge < -0.3 is 0 Å². The van der Waals surface area contributed by atoms with Gasteiger partial charge in [0.15, 0.2) is 0 Å². The molecule has 0 radical (unpaired) electrons. The highest BCUT2D eigenvalue weighted by Gasteiger charge is 2.20. The molecule has 3 heteroatoms. The largest absolute Gasteiger partial charge is 0.278 e. The molecule has 0 bridgehead atoms. The molecule has 0 saturated heterocycles.